The van der Waals surface area contributed by atoms with Gasteiger partial charge < -0.3 is 5.32 Å². The summed E-state index contributed by atoms with van der Waals surface area (Å²) in [5.41, 5.74) is 3.02. The highest BCUT2D eigenvalue weighted by atomic mass is 16.1. The Bertz CT molecular complexity index is 939. The molecule has 0 bridgehead atoms. The number of para-hydroxylation sites is 1. The summed E-state index contributed by atoms with van der Waals surface area (Å²) in [6.07, 6.45) is 6.13. The molecule has 1 N–H and O–H groups in total. The second-order valence-corrected chi connectivity index (χ2v) is 5.12. The fraction of sp³-hybridized carbons (Fsp3) is 0. The van der Waals surface area contributed by atoms with Gasteiger partial charge in [-0.1, -0.05) is 42.2 Å². The number of nitrogens with zero attached hydrogens (tertiary/aromatic N) is 2. The van der Waals surface area contributed by atoms with Crippen molar-refractivity contribution in [1.82, 2.24) is 9.97 Å². The predicted molar refractivity (Wildman–Crippen MR) is 98.6 cm³/mol. The van der Waals surface area contributed by atoms with Gasteiger partial charge in [-0.2, -0.15) is 0 Å². The Hall–Kier alpha value is -3.71. The molecule has 120 valence electrons. The van der Waals surface area contributed by atoms with E-state index in [4.69, 9.17) is 0 Å². The van der Waals surface area contributed by atoms with Crippen LogP contribution in [0.25, 0.3) is 6.08 Å². The van der Waals surface area contributed by atoms with Crippen LogP contribution in [0.3, 0.4) is 0 Å². The number of nitrogens with one attached hydrogen (secondary N) is 1. The molecule has 0 aliphatic rings. The molecule has 1 aromatic heterocycles. The molecule has 0 unspecified atom stereocenters. The van der Waals surface area contributed by atoms with Gasteiger partial charge in [0, 0.05) is 23.4 Å². The summed E-state index contributed by atoms with van der Waals surface area (Å²) in [6.45, 7) is 0. The van der Waals surface area contributed by atoms with Crippen LogP contribution in [0.15, 0.2) is 79.3 Å². The molecule has 3 rings (SSSR count). The maximum Gasteiger partial charge on any atom is 0.248 e. The summed E-state index contributed by atoms with van der Waals surface area (Å²) in [7, 11) is 0. The van der Waals surface area contributed by atoms with Gasteiger partial charge in [-0.05, 0) is 36.4 Å². The first-order chi connectivity index (χ1) is 12.3. The van der Waals surface area contributed by atoms with Crippen molar-refractivity contribution in [2.24, 2.45) is 0 Å². The van der Waals surface area contributed by atoms with Crippen molar-refractivity contribution in [3.63, 3.8) is 0 Å². The molecule has 0 fully saturated rings. The van der Waals surface area contributed by atoms with E-state index in [-0.39, 0.29) is 5.91 Å². The summed E-state index contributed by atoms with van der Waals surface area (Å²) in [4.78, 5) is 20.0. The first-order valence-electron chi connectivity index (χ1n) is 7.72. The van der Waals surface area contributed by atoms with Crippen LogP contribution in [-0.4, -0.2) is 15.9 Å². The van der Waals surface area contributed by atoms with E-state index in [1.165, 1.54) is 12.4 Å². The Morgan fingerprint density at radius 1 is 0.960 bits per heavy atom. The zero-order valence-corrected chi connectivity index (χ0v) is 13.4. The van der Waals surface area contributed by atoms with Crippen molar-refractivity contribution >= 4 is 17.7 Å². The second-order valence-electron chi connectivity index (χ2n) is 5.12. The zero-order chi connectivity index (χ0) is 17.3. The molecule has 0 aliphatic carbocycles. The highest BCUT2D eigenvalue weighted by Gasteiger charge is 2.02. The Balaban J connectivity index is 1.74. The molecular formula is C21H15N3O. The van der Waals surface area contributed by atoms with E-state index in [9.17, 15) is 4.79 Å². The number of hydrogen-bond acceptors (Lipinski definition) is 3. The molecule has 0 saturated heterocycles. The fourth-order valence-corrected chi connectivity index (χ4v) is 2.10. The van der Waals surface area contributed by atoms with E-state index in [0.29, 0.717) is 11.4 Å². The lowest BCUT2D eigenvalue weighted by atomic mass is 10.1. The average Bonchev–Trinajstić information content (AvgIpc) is 2.67. The lowest BCUT2D eigenvalue weighted by molar-refractivity contribution is -0.111. The minimum Gasteiger partial charge on any atom is -0.321 e. The van der Waals surface area contributed by atoms with E-state index < -0.39 is 0 Å². The van der Waals surface area contributed by atoms with E-state index in [1.807, 2.05) is 54.6 Å². The standard InChI is InChI=1S/C21H15N3O/c25-21(13-12-19-14-15-22-16-23-19)24-20-9-5-4-8-18(20)11-10-17-6-2-1-3-7-17/h1-9,12-16H,(H,24,25)/b13-12+. The van der Waals surface area contributed by atoms with Gasteiger partial charge in [0.25, 0.3) is 0 Å². The molecule has 0 saturated carbocycles. The van der Waals surface area contributed by atoms with Crippen molar-refractivity contribution in [2.75, 3.05) is 5.32 Å². The normalized spacial score (nSPS) is 10.1. The molecule has 0 radical (unpaired) electrons. The molecule has 3 aromatic rings. The summed E-state index contributed by atoms with van der Waals surface area (Å²) in [5.74, 6) is 5.95. The lowest BCUT2D eigenvalue weighted by Crippen LogP contribution is -2.09. The third-order valence-electron chi connectivity index (χ3n) is 3.31. The first kappa shape index (κ1) is 16.2. The maximum atomic E-state index is 12.1. The monoisotopic (exact) mass is 325 g/mol. The van der Waals surface area contributed by atoms with Gasteiger partial charge >= 0.3 is 0 Å². The van der Waals surface area contributed by atoms with Crippen molar-refractivity contribution in [3.05, 3.63) is 96.1 Å². The number of anilines is 1. The van der Waals surface area contributed by atoms with Gasteiger partial charge in [0.1, 0.15) is 6.33 Å². The van der Waals surface area contributed by atoms with E-state index >= 15 is 0 Å². The van der Waals surface area contributed by atoms with Crippen LogP contribution in [0.4, 0.5) is 5.69 Å². The van der Waals surface area contributed by atoms with Crippen molar-refractivity contribution in [2.45, 2.75) is 0 Å². The molecule has 25 heavy (non-hydrogen) atoms. The number of carbonyl (C=O) groups excluding carboxylic acids is 1. The molecule has 2 aromatic carbocycles. The van der Waals surface area contributed by atoms with Gasteiger partial charge in [-0.3, -0.25) is 4.79 Å². The first-order valence-corrected chi connectivity index (χ1v) is 7.72. The fourth-order valence-electron chi connectivity index (χ4n) is 2.10. The summed E-state index contributed by atoms with van der Waals surface area (Å²) in [6, 6.07) is 18.9. The Kier molecular flexibility index (Phi) is 5.32. The Labute approximate surface area is 146 Å². The summed E-state index contributed by atoms with van der Waals surface area (Å²) >= 11 is 0. The maximum absolute atomic E-state index is 12.1. The van der Waals surface area contributed by atoms with Crippen molar-refractivity contribution in [3.8, 4) is 11.8 Å². The lowest BCUT2D eigenvalue weighted by Gasteiger charge is -2.04. The molecule has 4 nitrogen and oxygen atoms in total. The van der Waals surface area contributed by atoms with Crippen LogP contribution in [0.1, 0.15) is 16.8 Å². The van der Waals surface area contributed by atoms with Crippen LogP contribution in [0, 0.1) is 11.8 Å². The van der Waals surface area contributed by atoms with Gasteiger partial charge in [-0.15, -0.1) is 0 Å². The number of hydrogen-bond donors (Lipinski definition) is 1. The molecule has 0 spiro atoms. The number of benzene rings is 2. The van der Waals surface area contributed by atoms with E-state index in [2.05, 4.69) is 27.1 Å². The molecular weight excluding hydrogens is 310 g/mol. The highest BCUT2D eigenvalue weighted by molar-refractivity contribution is 6.02. The van der Waals surface area contributed by atoms with E-state index in [1.54, 1.807) is 18.3 Å². The van der Waals surface area contributed by atoms with Gasteiger partial charge in [0.15, 0.2) is 0 Å². The predicted octanol–water partition coefficient (Wildman–Crippen LogP) is 3.53. The van der Waals surface area contributed by atoms with Gasteiger partial charge in [-0.25, -0.2) is 9.97 Å². The number of amides is 1. The van der Waals surface area contributed by atoms with Crippen LogP contribution in [0.2, 0.25) is 0 Å². The molecule has 4 heteroatoms. The molecule has 0 atom stereocenters. The van der Waals surface area contributed by atoms with Gasteiger partial charge in [0.2, 0.25) is 5.91 Å². The van der Waals surface area contributed by atoms with Crippen molar-refractivity contribution in [1.29, 1.82) is 0 Å². The highest BCUT2D eigenvalue weighted by Crippen LogP contribution is 2.14. The average molecular weight is 325 g/mol. The van der Waals surface area contributed by atoms with Crippen LogP contribution >= 0.6 is 0 Å². The Morgan fingerprint density at radius 2 is 1.76 bits per heavy atom. The minimum absolute atomic E-state index is 0.243. The SMILES string of the molecule is O=C(/C=C/c1ccncn1)Nc1ccccc1C#Cc1ccccc1. The van der Waals surface area contributed by atoms with Crippen LogP contribution in [0.5, 0.6) is 0 Å². The topological polar surface area (TPSA) is 54.9 Å². The van der Waals surface area contributed by atoms with Gasteiger partial charge in [0.05, 0.1) is 11.4 Å². The number of carbonyl (C=O) groups is 1. The number of rotatable bonds is 3. The number of aromatic nitrogens is 2. The second kappa shape index (κ2) is 8.23. The quantitative estimate of drug-likeness (QED) is 0.592. The largest absolute Gasteiger partial charge is 0.321 e. The van der Waals surface area contributed by atoms with Crippen molar-refractivity contribution < 1.29 is 4.79 Å². The molecule has 1 amide bonds. The molecule has 0 aliphatic heterocycles. The summed E-state index contributed by atoms with van der Waals surface area (Å²) < 4.78 is 0. The van der Waals surface area contributed by atoms with Crippen LogP contribution in [-0.2, 0) is 4.79 Å². The smallest absolute Gasteiger partial charge is 0.248 e. The third-order valence-corrected chi connectivity index (χ3v) is 3.31. The third kappa shape index (κ3) is 4.88. The van der Waals surface area contributed by atoms with E-state index in [0.717, 1.165) is 11.1 Å². The summed E-state index contributed by atoms with van der Waals surface area (Å²) in [5, 5.41) is 2.85. The van der Waals surface area contributed by atoms with Crippen LogP contribution < -0.4 is 5.32 Å². The Morgan fingerprint density at radius 3 is 2.56 bits per heavy atom. The molecule has 1 heterocycles. The zero-order valence-electron chi connectivity index (χ0n) is 13.4. The minimum atomic E-state index is -0.243.